The van der Waals surface area contributed by atoms with Crippen molar-refractivity contribution < 1.29 is 9.47 Å². The number of nitrogens with zero attached hydrogens (tertiary/aromatic N) is 2. The van der Waals surface area contributed by atoms with Crippen molar-refractivity contribution in [1.29, 1.82) is 0 Å². The Morgan fingerprint density at radius 2 is 0.868 bits per heavy atom. The highest BCUT2D eigenvalue weighted by Crippen LogP contribution is 2.40. The molecule has 0 saturated carbocycles. The highest BCUT2D eigenvalue weighted by Gasteiger charge is 2.21. The Kier molecular flexibility index (Phi) is 7.32. The van der Waals surface area contributed by atoms with Crippen LogP contribution in [-0.2, 0) is 0 Å². The third-order valence-corrected chi connectivity index (χ3v) is 7.23. The van der Waals surface area contributed by atoms with E-state index >= 15 is 0 Å². The van der Waals surface area contributed by atoms with Gasteiger partial charge in [-0.2, -0.15) is 0 Å². The standard InChI is InChI=1S/C32H30I2N2O2/c1-31(2,3)37-27-17-25(19-7-11-21(33)12-8-19)35-29-23(27)15-16-24-28(38-32(4,5)6)18-26(36-30(24)29)20-9-13-22(34)14-10-20/h7-18H,1-6H3. The fourth-order valence-corrected chi connectivity index (χ4v) is 5.00. The van der Waals surface area contributed by atoms with E-state index in [-0.39, 0.29) is 11.2 Å². The molecule has 4 nitrogen and oxygen atoms in total. The highest BCUT2D eigenvalue weighted by molar-refractivity contribution is 14.1. The number of pyridine rings is 2. The van der Waals surface area contributed by atoms with Gasteiger partial charge in [-0.15, -0.1) is 0 Å². The Labute approximate surface area is 251 Å². The van der Waals surface area contributed by atoms with Crippen LogP contribution in [0, 0.1) is 7.14 Å². The summed E-state index contributed by atoms with van der Waals surface area (Å²) in [5.41, 5.74) is 4.60. The van der Waals surface area contributed by atoms with Gasteiger partial charge < -0.3 is 9.47 Å². The van der Waals surface area contributed by atoms with Crippen LogP contribution >= 0.6 is 45.2 Å². The third kappa shape index (κ3) is 6.06. The molecule has 0 atom stereocenters. The third-order valence-electron chi connectivity index (χ3n) is 5.79. The van der Waals surface area contributed by atoms with E-state index < -0.39 is 0 Å². The molecule has 5 aromatic rings. The molecule has 0 bridgehead atoms. The molecule has 194 valence electrons. The van der Waals surface area contributed by atoms with Crippen molar-refractivity contribution in [1.82, 2.24) is 9.97 Å². The number of hydrogen-bond donors (Lipinski definition) is 0. The lowest BCUT2D eigenvalue weighted by Gasteiger charge is -2.24. The van der Waals surface area contributed by atoms with Gasteiger partial charge in [0.1, 0.15) is 33.7 Å². The number of fused-ring (bicyclic) bond motifs is 3. The van der Waals surface area contributed by atoms with Gasteiger partial charge in [0.25, 0.3) is 0 Å². The largest absolute Gasteiger partial charge is 0.487 e. The molecule has 0 radical (unpaired) electrons. The summed E-state index contributed by atoms with van der Waals surface area (Å²) >= 11 is 4.64. The summed E-state index contributed by atoms with van der Waals surface area (Å²) in [5.74, 6) is 1.58. The van der Waals surface area contributed by atoms with Crippen molar-refractivity contribution in [2.24, 2.45) is 0 Å². The Morgan fingerprint density at radius 1 is 0.526 bits per heavy atom. The number of aromatic nitrogens is 2. The zero-order valence-electron chi connectivity index (χ0n) is 22.4. The normalized spacial score (nSPS) is 12.2. The number of hydrogen-bond acceptors (Lipinski definition) is 4. The molecule has 0 aliphatic carbocycles. The molecule has 5 rings (SSSR count). The maximum Gasteiger partial charge on any atom is 0.131 e. The lowest BCUT2D eigenvalue weighted by atomic mass is 10.0. The maximum atomic E-state index is 6.49. The molecule has 0 fully saturated rings. The van der Waals surface area contributed by atoms with E-state index in [1.54, 1.807) is 0 Å². The molecule has 0 unspecified atom stereocenters. The predicted octanol–water partition coefficient (Wildman–Crippen LogP) is 9.68. The van der Waals surface area contributed by atoms with E-state index in [9.17, 15) is 0 Å². The quantitative estimate of drug-likeness (QED) is 0.137. The van der Waals surface area contributed by atoms with E-state index in [1.807, 2.05) is 12.1 Å². The van der Waals surface area contributed by atoms with Gasteiger partial charge in [-0.3, -0.25) is 0 Å². The summed E-state index contributed by atoms with van der Waals surface area (Å²) in [6, 6.07) is 25.0. The van der Waals surface area contributed by atoms with Crippen LogP contribution in [0.2, 0.25) is 0 Å². The summed E-state index contributed by atoms with van der Waals surface area (Å²) in [7, 11) is 0. The topological polar surface area (TPSA) is 44.2 Å². The number of benzene rings is 3. The first kappa shape index (κ1) is 27.1. The molecule has 0 aliphatic heterocycles. The van der Waals surface area contributed by atoms with Crippen molar-refractivity contribution in [3.05, 3.63) is 79.9 Å². The number of rotatable bonds is 4. The fourth-order valence-electron chi connectivity index (χ4n) is 4.28. The average Bonchev–Trinajstić information content (AvgIpc) is 2.83. The lowest BCUT2D eigenvalue weighted by Crippen LogP contribution is -2.23. The van der Waals surface area contributed by atoms with Gasteiger partial charge in [0, 0.05) is 41.2 Å². The van der Waals surface area contributed by atoms with Crippen LogP contribution in [0.15, 0.2) is 72.8 Å². The monoisotopic (exact) mass is 728 g/mol. The highest BCUT2D eigenvalue weighted by atomic mass is 127. The van der Waals surface area contributed by atoms with E-state index in [0.717, 1.165) is 55.8 Å². The van der Waals surface area contributed by atoms with Crippen molar-refractivity contribution in [2.75, 3.05) is 0 Å². The Balaban J connectivity index is 1.85. The first-order valence-corrected chi connectivity index (χ1v) is 14.7. The number of halogens is 2. The summed E-state index contributed by atoms with van der Waals surface area (Å²) in [4.78, 5) is 10.4. The molecule has 0 N–H and O–H groups in total. The fraction of sp³-hybridized carbons (Fsp3) is 0.250. The molecule has 0 saturated heterocycles. The van der Waals surface area contributed by atoms with Crippen LogP contribution in [0.4, 0.5) is 0 Å². The van der Waals surface area contributed by atoms with Crippen LogP contribution in [0.1, 0.15) is 41.5 Å². The Morgan fingerprint density at radius 3 is 1.18 bits per heavy atom. The van der Waals surface area contributed by atoms with E-state index in [0.29, 0.717) is 0 Å². The summed E-state index contributed by atoms with van der Waals surface area (Å²) in [6.07, 6.45) is 0. The second-order valence-corrected chi connectivity index (χ2v) is 13.8. The van der Waals surface area contributed by atoms with Crippen LogP contribution in [0.5, 0.6) is 11.5 Å². The molecule has 0 aliphatic rings. The molecule has 3 aromatic carbocycles. The van der Waals surface area contributed by atoms with Gasteiger partial charge in [-0.1, -0.05) is 24.3 Å². The van der Waals surface area contributed by atoms with Gasteiger partial charge in [0.15, 0.2) is 0 Å². The minimum atomic E-state index is -0.371. The molecule has 2 aromatic heterocycles. The molecule has 6 heteroatoms. The summed E-state index contributed by atoms with van der Waals surface area (Å²) < 4.78 is 15.3. The van der Waals surface area contributed by atoms with Gasteiger partial charge in [-0.05, 0) is 123 Å². The SMILES string of the molecule is CC(C)(C)Oc1cc(-c2ccc(I)cc2)nc2c1ccc1c(OC(C)(C)C)cc(-c3ccc(I)cc3)nc12. The van der Waals surface area contributed by atoms with Crippen LogP contribution < -0.4 is 9.47 Å². The molecular weight excluding hydrogens is 698 g/mol. The predicted molar refractivity (Wildman–Crippen MR) is 174 cm³/mol. The van der Waals surface area contributed by atoms with Gasteiger partial charge >= 0.3 is 0 Å². The zero-order chi connectivity index (χ0) is 27.2. The molecule has 0 spiro atoms. The van der Waals surface area contributed by atoms with Crippen molar-refractivity contribution >= 4 is 67.0 Å². The van der Waals surface area contributed by atoms with Crippen molar-refractivity contribution in [3.8, 4) is 34.0 Å². The first-order valence-electron chi connectivity index (χ1n) is 12.5. The van der Waals surface area contributed by atoms with Gasteiger partial charge in [-0.25, -0.2) is 9.97 Å². The van der Waals surface area contributed by atoms with E-state index in [4.69, 9.17) is 19.4 Å². The van der Waals surface area contributed by atoms with Crippen molar-refractivity contribution in [3.63, 3.8) is 0 Å². The maximum absolute atomic E-state index is 6.49. The molecule has 38 heavy (non-hydrogen) atoms. The Hall–Kier alpha value is -2.46. The first-order chi connectivity index (χ1) is 17.9. The second kappa shape index (κ2) is 10.3. The van der Waals surface area contributed by atoms with Crippen LogP contribution in [0.3, 0.4) is 0 Å². The van der Waals surface area contributed by atoms with E-state index in [2.05, 4.69) is 147 Å². The van der Waals surface area contributed by atoms with Crippen LogP contribution in [-0.4, -0.2) is 21.2 Å². The zero-order valence-corrected chi connectivity index (χ0v) is 26.7. The molecule has 2 heterocycles. The van der Waals surface area contributed by atoms with Crippen molar-refractivity contribution in [2.45, 2.75) is 52.7 Å². The molecular formula is C32H30I2N2O2. The van der Waals surface area contributed by atoms with Gasteiger partial charge in [0.05, 0.1) is 11.4 Å². The van der Waals surface area contributed by atoms with E-state index in [1.165, 1.54) is 7.14 Å². The minimum Gasteiger partial charge on any atom is -0.487 e. The molecule has 0 amide bonds. The summed E-state index contributed by atoms with van der Waals surface area (Å²) in [5, 5.41) is 1.85. The number of ether oxygens (including phenoxy) is 2. The second-order valence-electron chi connectivity index (χ2n) is 11.3. The summed E-state index contributed by atoms with van der Waals surface area (Å²) in [6.45, 7) is 12.4. The Bertz CT molecular complexity index is 1510. The smallest absolute Gasteiger partial charge is 0.131 e. The van der Waals surface area contributed by atoms with Crippen LogP contribution in [0.25, 0.3) is 44.3 Å². The lowest BCUT2D eigenvalue weighted by molar-refractivity contribution is 0.132. The average molecular weight is 728 g/mol. The van der Waals surface area contributed by atoms with Gasteiger partial charge in [0.2, 0.25) is 0 Å². The minimum absolute atomic E-state index is 0.371.